The third kappa shape index (κ3) is 2.73. The average molecular weight is 315 g/mol. The molecule has 2 aromatic carbocycles. The molecule has 82 valence electrons. The Balaban J connectivity index is 2.34. The molecule has 0 amide bonds. The molecule has 0 radical (unpaired) electrons. The first-order chi connectivity index (χ1) is 7.66. The number of halogens is 2. The summed E-state index contributed by atoms with van der Waals surface area (Å²) < 4.78 is 1.04. The molecule has 0 heterocycles. The van der Waals surface area contributed by atoms with Crippen molar-refractivity contribution >= 4 is 45.0 Å². The molecule has 0 atom stereocenters. The molecule has 0 fully saturated rings. The summed E-state index contributed by atoms with van der Waals surface area (Å²) in [5.41, 5.74) is 6.60. The lowest BCUT2D eigenvalue weighted by Crippen LogP contribution is -1.88. The fraction of sp³-hybridized carbons (Fsp3) is 0. The maximum absolute atomic E-state index is 6.11. The van der Waals surface area contributed by atoms with Crippen LogP contribution in [0.15, 0.2) is 56.7 Å². The van der Waals surface area contributed by atoms with Crippen molar-refractivity contribution < 1.29 is 0 Å². The summed E-state index contributed by atoms with van der Waals surface area (Å²) >= 11 is 11.1. The predicted octanol–water partition coefficient (Wildman–Crippen LogP) is 4.84. The molecule has 0 aromatic heterocycles. The molecule has 0 saturated heterocycles. The molecule has 0 aliphatic rings. The second kappa shape index (κ2) is 5.13. The van der Waals surface area contributed by atoms with Crippen LogP contribution < -0.4 is 5.73 Å². The van der Waals surface area contributed by atoms with Gasteiger partial charge in [-0.3, -0.25) is 0 Å². The van der Waals surface area contributed by atoms with Gasteiger partial charge in [-0.15, -0.1) is 0 Å². The SMILES string of the molecule is Nc1cccc(Cl)c1Sc1cccc(Br)c1. The molecule has 0 unspecified atom stereocenters. The van der Waals surface area contributed by atoms with Gasteiger partial charge in [-0.05, 0) is 30.3 Å². The lowest BCUT2D eigenvalue weighted by molar-refractivity contribution is 1.39. The molecule has 0 spiro atoms. The number of nitrogens with two attached hydrogens (primary N) is 1. The Morgan fingerprint density at radius 2 is 1.88 bits per heavy atom. The second-order valence-corrected chi connectivity index (χ2v) is 5.62. The lowest BCUT2D eigenvalue weighted by atomic mass is 10.3. The summed E-state index contributed by atoms with van der Waals surface area (Å²) in [4.78, 5) is 2.01. The Bertz CT molecular complexity index is 496. The van der Waals surface area contributed by atoms with Crippen molar-refractivity contribution in [3.8, 4) is 0 Å². The maximum atomic E-state index is 6.11. The molecule has 4 heteroatoms. The standard InChI is InChI=1S/C12H9BrClNS/c13-8-3-1-4-9(7-8)16-12-10(14)5-2-6-11(12)15/h1-7H,15H2. The number of rotatable bonds is 2. The molecular weight excluding hydrogens is 306 g/mol. The summed E-state index contributed by atoms with van der Waals surface area (Å²) in [6, 6.07) is 13.6. The average Bonchev–Trinajstić information content (AvgIpc) is 2.24. The van der Waals surface area contributed by atoms with Crippen molar-refractivity contribution in [2.45, 2.75) is 9.79 Å². The van der Waals surface area contributed by atoms with Crippen molar-refractivity contribution in [1.29, 1.82) is 0 Å². The highest BCUT2D eigenvalue weighted by atomic mass is 79.9. The first-order valence-corrected chi connectivity index (χ1v) is 6.63. The highest BCUT2D eigenvalue weighted by Gasteiger charge is 2.06. The largest absolute Gasteiger partial charge is 0.398 e. The van der Waals surface area contributed by atoms with Gasteiger partial charge < -0.3 is 5.73 Å². The third-order valence-corrected chi connectivity index (χ3v) is 4.08. The van der Waals surface area contributed by atoms with Crippen molar-refractivity contribution in [2.24, 2.45) is 0 Å². The number of hydrogen-bond donors (Lipinski definition) is 1. The highest BCUT2D eigenvalue weighted by Crippen LogP contribution is 2.37. The molecule has 0 aliphatic heterocycles. The summed E-state index contributed by atoms with van der Waals surface area (Å²) in [7, 11) is 0. The number of anilines is 1. The Kier molecular flexibility index (Phi) is 3.79. The molecule has 16 heavy (non-hydrogen) atoms. The van der Waals surface area contributed by atoms with Crippen LogP contribution in [-0.2, 0) is 0 Å². The minimum absolute atomic E-state index is 0.685. The number of benzene rings is 2. The molecule has 2 rings (SSSR count). The Labute approximate surface area is 112 Å². The van der Waals surface area contributed by atoms with Crippen LogP contribution in [0.4, 0.5) is 5.69 Å². The van der Waals surface area contributed by atoms with Gasteiger partial charge in [0.1, 0.15) is 0 Å². The van der Waals surface area contributed by atoms with E-state index in [0.29, 0.717) is 10.7 Å². The van der Waals surface area contributed by atoms with Gasteiger partial charge in [0.15, 0.2) is 0 Å². The molecule has 0 bridgehead atoms. The van der Waals surface area contributed by atoms with E-state index in [1.807, 2.05) is 42.5 Å². The molecule has 2 N–H and O–H groups in total. The molecule has 0 aliphatic carbocycles. The van der Waals surface area contributed by atoms with E-state index < -0.39 is 0 Å². The monoisotopic (exact) mass is 313 g/mol. The van der Waals surface area contributed by atoms with Gasteiger partial charge in [0.2, 0.25) is 0 Å². The van der Waals surface area contributed by atoms with Crippen LogP contribution in [-0.4, -0.2) is 0 Å². The minimum atomic E-state index is 0.685. The van der Waals surface area contributed by atoms with E-state index in [4.69, 9.17) is 17.3 Å². The minimum Gasteiger partial charge on any atom is -0.398 e. The van der Waals surface area contributed by atoms with Crippen LogP contribution in [0.3, 0.4) is 0 Å². The van der Waals surface area contributed by atoms with E-state index in [2.05, 4.69) is 15.9 Å². The van der Waals surface area contributed by atoms with E-state index in [0.717, 1.165) is 14.3 Å². The topological polar surface area (TPSA) is 26.0 Å². The quantitative estimate of drug-likeness (QED) is 0.803. The van der Waals surface area contributed by atoms with E-state index >= 15 is 0 Å². The van der Waals surface area contributed by atoms with Crippen molar-refractivity contribution in [3.63, 3.8) is 0 Å². The fourth-order valence-electron chi connectivity index (χ4n) is 1.28. The van der Waals surface area contributed by atoms with Gasteiger partial charge in [-0.2, -0.15) is 0 Å². The van der Waals surface area contributed by atoms with Crippen LogP contribution >= 0.6 is 39.3 Å². The zero-order valence-corrected chi connectivity index (χ0v) is 11.4. The third-order valence-electron chi connectivity index (χ3n) is 2.01. The summed E-state index contributed by atoms with van der Waals surface area (Å²) in [5, 5.41) is 0.685. The molecule has 0 saturated carbocycles. The predicted molar refractivity (Wildman–Crippen MR) is 74.1 cm³/mol. The zero-order chi connectivity index (χ0) is 11.5. The van der Waals surface area contributed by atoms with E-state index in [1.165, 1.54) is 0 Å². The van der Waals surface area contributed by atoms with E-state index in [9.17, 15) is 0 Å². The lowest BCUT2D eigenvalue weighted by Gasteiger charge is -2.07. The van der Waals surface area contributed by atoms with Gasteiger partial charge in [0.25, 0.3) is 0 Å². The first-order valence-electron chi connectivity index (χ1n) is 4.64. The van der Waals surface area contributed by atoms with Gasteiger partial charge in [-0.1, -0.05) is 51.4 Å². The summed E-state index contributed by atoms with van der Waals surface area (Å²) in [5.74, 6) is 0. The Morgan fingerprint density at radius 1 is 1.12 bits per heavy atom. The highest BCUT2D eigenvalue weighted by molar-refractivity contribution is 9.10. The zero-order valence-electron chi connectivity index (χ0n) is 8.28. The molecule has 1 nitrogen and oxygen atoms in total. The fourth-order valence-corrected chi connectivity index (χ4v) is 3.05. The summed E-state index contributed by atoms with van der Waals surface area (Å²) in [6.07, 6.45) is 0. The van der Waals surface area contributed by atoms with Gasteiger partial charge in [0, 0.05) is 15.1 Å². The molecular formula is C12H9BrClNS. The van der Waals surface area contributed by atoms with E-state index in [1.54, 1.807) is 11.8 Å². The Hall–Kier alpha value is -0.640. The van der Waals surface area contributed by atoms with Crippen LogP contribution in [0.2, 0.25) is 5.02 Å². The van der Waals surface area contributed by atoms with E-state index in [-0.39, 0.29) is 0 Å². The maximum Gasteiger partial charge on any atom is 0.0566 e. The number of hydrogen-bond acceptors (Lipinski definition) is 2. The van der Waals surface area contributed by atoms with Crippen molar-refractivity contribution in [3.05, 3.63) is 52.0 Å². The van der Waals surface area contributed by atoms with Crippen LogP contribution in [0.5, 0.6) is 0 Å². The Morgan fingerprint density at radius 3 is 2.56 bits per heavy atom. The molecule has 2 aromatic rings. The van der Waals surface area contributed by atoms with Gasteiger partial charge >= 0.3 is 0 Å². The van der Waals surface area contributed by atoms with Crippen molar-refractivity contribution in [1.82, 2.24) is 0 Å². The number of nitrogen functional groups attached to an aromatic ring is 1. The smallest absolute Gasteiger partial charge is 0.0566 e. The van der Waals surface area contributed by atoms with Gasteiger partial charge in [0.05, 0.1) is 9.92 Å². The normalized spacial score (nSPS) is 10.4. The van der Waals surface area contributed by atoms with Crippen LogP contribution in [0, 0.1) is 0 Å². The van der Waals surface area contributed by atoms with Crippen LogP contribution in [0.25, 0.3) is 0 Å². The van der Waals surface area contributed by atoms with Crippen LogP contribution in [0.1, 0.15) is 0 Å². The second-order valence-electron chi connectivity index (χ2n) is 3.22. The first kappa shape index (κ1) is 11.8. The van der Waals surface area contributed by atoms with Gasteiger partial charge in [-0.25, -0.2) is 0 Å². The summed E-state index contributed by atoms with van der Waals surface area (Å²) in [6.45, 7) is 0. The van der Waals surface area contributed by atoms with Crippen molar-refractivity contribution in [2.75, 3.05) is 5.73 Å².